The molecule has 0 amide bonds. The first kappa shape index (κ1) is 16.0. The summed E-state index contributed by atoms with van der Waals surface area (Å²) in [4.78, 5) is 8.72. The average molecular weight is 351 g/mol. The molecule has 26 heavy (non-hydrogen) atoms. The SMILES string of the molecule is N=c1nc(-c2c(-c3ccc(F)cc3)nc3cc(CO)ccn23)ccn1O. The Balaban J connectivity index is 2.04. The number of fused-ring (bicyclic) bond motifs is 1. The Hall–Kier alpha value is -3.52. The number of rotatable bonds is 3. The zero-order valence-electron chi connectivity index (χ0n) is 13.5. The molecule has 0 atom stereocenters. The Morgan fingerprint density at radius 3 is 2.50 bits per heavy atom. The van der Waals surface area contributed by atoms with Crippen molar-refractivity contribution in [3.63, 3.8) is 0 Å². The smallest absolute Gasteiger partial charge is 0.255 e. The highest BCUT2D eigenvalue weighted by atomic mass is 19.1. The summed E-state index contributed by atoms with van der Waals surface area (Å²) in [5.74, 6) is -0.353. The van der Waals surface area contributed by atoms with Crippen molar-refractivity contribution in [1.29, 1.82) is 5.41 Å². The molecule has 3 aromatic heterocycles. The molecule has 0 saturated carbocycles. The number of hydrogen-bond donors (Lipinski definition) is 3. The van der Waals surface area contributed by atoms with Gasteiger partial charge >= 0.3 is 0 Å². The third-order valence-corrected chi connectivity index (χ3v) is 4.05. The standard InChI is InChI=1S/C18H14FN5O2/c19-13-3-1-12(2-4-13)16-17(14-6-8-24(26)18(20)21-14)23-7-5-11(10-25)9-15(23)22-16/h1-9,20,25-26H,10H2. The monoisotopic (exact) mass is 351 g/mol. The van der Waals surface area contributed by atoms with Gasteiger partial charge in [-0.05, 0) is 48.0 Å². The lowest BCUT2D eigenvalue weighted by Gasteiger charge is -2.06. The van der Waals surface area contributed by atoms with Crippen LogP contribution in [0, 0.1) is 11.2 Å². The third kappa shape index (κ3) is 2.62. The van der Waals surface area contributed by atoms with E-state index in [4.69, 9.17) is 5.41 Å². The molecule has 0 saturated heterocycles. The van der Waals surface area contributed by atoms with Crippen molar-refractivity contribution in [3.05, 3.63) is 71.9 Å². The fraction of sp³-hybridized carbons (Fsp3) is 0.0556. The minimum Gasteiger partial charge on any atom is -0.425 e. The molecular weight excluding hydrogens is 337 g/mol. The van der Waals surface area contributed by atoms with Gasteiger partial charge in [0.2, 0.25) is 0 Å². The number of halogens is 1. The molecule has 0 aliphatic carbocycles. The number of benzene rings is 1. The summed E-state index contributed by atoms with van der Waals surface area (Å²) in [7, 11) is 0. The van der Waals surface area contributed by atoms with Gasteiger partial charge < -0.3 is 10.3 Å². The van der Waals surface area contributed by atoms with Crippen LogP contribution in [0.5, 0.6) is 0 Å². The van der Waals surface area contributed by atoms with E-state index in [9.17, 15) is 14.7 Å². The maximum absolute atomic E-state index is 13.3. The number of aliphatic hydroxyl groups is 1. The van der Waals surface area contributed by atoms with Crippen molar-refractivity contribution in [2.75, 3.05) is 0 Å². The van der Waals surface area contributed by atoms with Crippen LogP contribution in [0.3, 0.4) is 0 Å². The second kappa shape index (κ2) is 6.08. The molecule has 0 bridgehead atoms. The number of aliphatic hydroxyl groups excluding tert-OH is 1. The van der Waals surface area contributed by atoms with E-state index in [0.717, 1.165) is 0 Å². The van der Waals surface area contributed by atoms with Crippen LogP contribution in [0.1, 0.15) is 5.56 Å². The number of hydrogen-bond acceptors (Lipinski definition) is 5. The van der Waals surface area contributed by atoms with Gasteiger partial charge in [-0.15, -0.1) is 0 Å². The molecule has 8 heteroatoms. The molecule has 1 aromatic carbocycles. The summed E-state index contributed by atoms with van der Waals surface area (Å²) in [6.07, 6.45) is 3.07. The molecule has 130 valence electrons. The molecule has 4 rings (SSSR count). The van der Waals surface area contributed by atoms with E-state index >= 15 is 0 Å². The summed E-state index contributed by atoms with van der Waals surface area (Å²) in [6, 6.07) is 11.0. The van der Waals surface area contributed by atoms with Gasteiger partial charge in [0.15, 0.2) is 0 Å². The third-order valence-electron chi connectivity index (χ3n) is 4.05. The molecule has 0 unspecified atom stereocenters. The van der Waals surface area contributed by atoms with Gasteiger partial charge in [-0.3, -0.25) is 9.81 Å². The molecule has 0 radical (unpaired) electrons. The number of aromatic nitrogens is 4. The molecule has 0 aliphatic heterocycles. The molecule has 0 spiro atoms. The van der Waals surface area contributed by atoms with Crippen molar-refractivity contribution >= 4 is 5.65 Å². The summed E-state index contributed by atoms with van der Waals surface area (Å²) in [5.41, 5.74) is 3.24. The predicted octanol–water partition coefficient (Wildman–Crippen LogP) is 2.21. The normalized spacial score (nSPS) is 11.2. The first-order valence-corrected chi connectivity index (χ1v) is 7.78. The van der Waals surface area contributed by atoms with Crippen LogP contribution < -0.4 is 5.62 Å². The minimum atomic E-state index is -0.353. The van der Waals surface area contributed by atoms with Gasteiger partial charge in [0.1, 0.15) is 11.5 Å². The fourth-order valence-corrected chi connectivity index (χ4v) is 2.79. The van der Waals surface area contributed by atoms with Crippen molar-refractivity contribution in [2.24, 2.45) is 0 Å². The van der Waals surface area contributed by atoms with Crippen LogP contribution in [0.4, 0.5) is 4.39 Å². The summed E-state index contributed by atoms with van der Waals surface area (Å²) >= 11 is 0. The number of pyridine rings is 1. The largest absolute Gasteiger partial charge is 0.425 e. The summed E-state index contributed by atoms with van der Waals surface area (Å²) in [5, 5.41) is 26.6. The summed E-state index contributed by atoms with van der Waals surface area (Å²) < 4.78 is 15.7. The molecule has 4 aromatic rings. The van der Waals surface area contributed by atoms with Gasteiger partial charge in [0, 0.05) is 18.0 Å². The Kier molecular flexibility index (Phi) is 3.74. The van der Waals surface area contributed by atoms with E-state index in [2.05, 4.69) is 9.97 Å². The highest BCUT2D eigenvalue weighted by Crippen LogP contribution is 2.31. The summed E-state index contributed by atoms with van der Waals surface area (Å²) in [6.45, 7) is -0.116. The molecule has 3 heterocycles. The van der Waals surface area contributed by atoms with Crippen molar-refractivity contribution in [1.82, 2.24) is 19.1 Å². The zero-order chi connectivity index (χ0) is 18.3. The van der Waals surface area contributed by atoms with Crippen molar-refractivity contribution in [2.45, 2.75) is 6.61 Å². The lowest BCUT2D eigenvalue weighted by Crippen LogP contribution is -2.20. The van der Waals surface area contributed by atoms with E-state index in [-0.39, 0.29) is 18.0 Å². The van der Waals surface area contributed by atoms with E-state index in [0.29, 0.717) is 38.6 Å². The Morgan fingerprint density at radius 2 is 1.81 bits per heavy atom. The highest BCUT2D eigenvalue weighted by molar-refractivity contribution is 5.80. The quantitative estimate of drug-likeness (QED) is 0.493. The van der Waals surface area contributed by atoms with Crippen LogP contribution in [-0.4, -0.2) is 29.4 Å². The van der Waals surface area contributed by atoms with Gasteiger partial charge in [-0.2, -0.15) is 4.73 Å². The Labute approximate surface area is 146 Å². The van der Waals surface area contributed by atoms with Crippen LogP contribution >= 0.6 is 0 Å². The Bertz CT molecular complexity index is 1160. The lowest BCUT2D eigenvalue weighted by atomic mass is 10.1. The van der Waals surface area contributed by atoms with E-state index in [1.54, 1.807) is 40.9 Å². The van der Waals surface area contributed by atoms with E-state index < -0.39 is 0 Å². The van der Waals surface area contributed by atoms with Gasteiger partial charge in [-0.25, -0.2) is 14.4 Å². The molecule has 3 N–H and O–H groups in total. The van der Waals surface area contributed by atoms with E-state index in [1.807, 2.05) is 0 Å². The minimum absolute atomic E-state index is 0.116. The first-order valence-electron chi connectivity index (χ1n) is 7.78. The van der Waals surface area contributed by atoms with Gasteiger partial charge in [0.05, 0.1) is 23.7 Å². The van der Waals surface area contributed by atoms with Crippen molar-refractivity contribution < 1.29 is 14.7 Å². The average Bonchev–Trinajstić information content (AvgIpc) is 3.03. The number of nitrogens with zero attached hydrogens (tertiary/aromatic N) is 4. The fourth-order valence-electron chi connectivity index (χ4n) is 2.79. The lowest BCUT2D eigenvalue weighted by molar-refractivity contribution is 0.165. The second-order valence-electron chi connectivity index (χ2n) is 5.72. The maximum Gasteiger partial charge on any atom is 0.255 e. The van der Waals surface area contributed by atoms with Gasteiger partial charge in [0.25, 0.3) is 5.62 Å². The predicted molar refractivity (Wildman–Crippen MR) is 90.8 cm³/mol. The second-order valence-corrected chi connectivity index (χ2v) is 5.72. The first-order chi connectivity index (χ1) is 12.6. The molecule has 0 aliphatic rings. The van der Waals surface area contributed by atoms with E-state index in [1.165, 1.54) is 18.3 Å². The molecular formula is C18H14FN5O2. The maximum atomic E-state index is 13.3. The zero-order valence-corrected chi connectivity index (χ0v) is 13.5. The topological polar surface area (TPSA) is 99.4 Å². The van der Waals surface area contributed by atoms with Crippen LogP contribution in [0.15, 0.2) is 54.9 Å². The van der Waals surface area contributed by atoms with Crippen LogP contribution in [0.2, 0.25) is 0 Å². The highest BCUT2D eigenvalue weighted by Gasteiger charge is 2.18. The van der Waals surface area contributed by atoms with Crippen LogP contribution in [0.25, 0.3) is 28.3 Å². The molecule has 7 nitrogen and oxygen atoms in total. The molecule has 0 fully saturated rings. The Morgan fingerprint density at radius 1 is 1.04 bits per heavy atom. The van der Waals surface area contributed by atoms with Crippen molar-refractivity contribution in [3.8, 4) is 22.6 Å². The number of imidazole rings is 1. The number of nitrogens with one attached hydrogen (secondary N) is 1. The van der Waals surface area contributed by atoms with Crippen LogP contribution in [-0.2, 0) is 6.61 Å². The van der Waals surface area contributed by atoms with Gasteiger partial charge in [-0.1, -0.05) is 0 Å².